The first-order valence-electron chi connectivity index (χ1n) is 6.44. The van der Waals surface area contributed by atoms with Gasteiger partial charge in [-0.1, -0.05) is 22.0 Å². The van der Waals surface area contributed by atoms with E-state index in [2.05, 4.69) is 22.0 Å². The quantitative estimate of drug-likeness (QED) is 0.764. The lowest BCUT2D eigenvalue weighted by Gasteiger charge is -2.14. The molecular weight excluding hydrogens is 340 g/mol. The van der Waals surface area contributed by atoms with E-state index in [1.807, 2.05) is 23.6 Å². The van der Waals surface area contributed by atoms with Gasteiger partial charge in [-0.2, -0.15) is 0 Å². The standard InChI is InChI=1S/C15H15BrO3S/c1-17-12-5-8-20-15(12)14(16)10-3-4-11-13(9-10)19-7-2-6-18-11/h3-5,8-9,14H,2,6-7H2,1H3. The van der Waals surface area contributed by atoms with Gasteiger partial charge in [0.05, 0.1) is 30.0 Å². The zero-order valence-corrected chi connectivity index (χ0v) is 13.5. The molecule has 0 bridgehead atoms. The minimum Gasteiger partial charge on any atom is -0.496 e. The van der Waals surface area contributed by atoms with Gasteiger partial charge in [0.15, 0.2) is 11.5 Å². The van der Waals surface area contributed by atoms with Crippen LogP contribution < -0.4 is 14.2 Å². The largest absolute Gasteiger partial charge is 0.496 e. The van der Waals surface area contributed by atoms with Crippen molar-refractivity contribution >= 4 is 27.3 Å². The summed E-state index contributed by atoms with van der Waals surface area (Å²) in [5.41, 5.74) is 1.13. The Hall–Kier alpha value is -1.20. The molecule has 0 saturated carbocycles. The minimum absolute atomic E-state index is 0.0922. The summed E-state index contributed by atoms with van der Waals surface area (Å²) in [4.78, 5) is 1.25. The molecular formula is C15H15BrO3S. The van der Waals surface area contributed by atoms with Crippen LogP contribution in [0.15, 0.2) is 29.6 Å². The summed E-state index contributed by atoms with van der Waals surface area (Å²) >= 11 is 5.42. The smallest absolute Gasteiger partial charge is 0.161 e. The van der Waals surface area contributed by atoms with Crippen molar-refractivity contribution in [3.63, 3.8) is 0 Å². The number of hydrogen-bond donors (Lipinski definition) is 0. The van der Waals surface area contributed by atoms with Gasteiger partial charge in [0.1, 0.15) is 5.75 Å². The Kier molecular flexibility index (Phi) is 4.17. The monoisotopic (exact) mass is 354 g/mol. The van der Waals surface area contributed by atoms with Crippen LogP contribution in [0.25, 0.3) is 0 Å². The van der Waals surface area contributed by atoms with E-state index in [0.717, 1.165) is 34.1 Å². The number of benzene rings is 1. The first-order chi connectivity index (χ1) is 9.79. The maximum Gasteiger partial charge on any atom is 0.161 e. The molecule has 1 aromatic carbocycles. The third kappa shape index (κ3) is 2.65. The van der Waals surface area contributed by atoms with Crippen LogP contribution in [0.4, 0.5) is 0 Å². The van der Waals surface area contributed by atoms with Gasteiger partial charge in [0, 0.05) is 6.42 Å². The molecule has 0 spiro atoms. The topological polar surface area (TPSA) is 27.7 Å². The predicted molar refractivity (Wildman–Crippen MR) is 83.7 cm³/mol. The Bertz CT molecular complexity index is 597. The van der Waals surface area contributed by atoms with Gasteiger partial charge in [-0.15, -0.1) is 11.3 Å². The van der Waals surface area contributed by atoms with Gasteiger partial charge in [0.25, 0.3) is 0 Å². The zero-order chi connectivity index (χ0) is 13.9. The number of thiophene rings is 1. The third-order valence-corrected chi connectivity index (χ3v) is 5.42. The third-order valence-electron chi connectivity index (χ3n) is 3.17. The zero-order valence-electron chi connectivity index (χ0n) is 11.1. The van der Waals surface area contributed by atoms with Crippen molar-refractivity contribution in [3.8, 4) is 17.2 Å². The predicted octanol–water partition coefficient (Wildman–Crippen LogP) is 4.40. The van der Waals surface area contributed by atoms with Crippen LogP contribution in [0, 0.1) is 0 Å². The van der Waals surface area contributed by atoms with Crippen molar-refractivity contribution in [3.05, 3.63) is 40.1 Å². The van der Waals surface area contributed by atoms with Crippen molar-refractivity contribution in [2.45, 2.75) is 11.2 Å². The second-order valence-corrected chi connectivity index (χ2v) is 6.34. The molecule has 1 atom stereocenters. The molecule has 0 N–H and O–H groups in total. The molecule has 20 heavy (non-hydrogen) atoms. The molecule has 2 heterocycles. The summed E-state index contributed by atoms with van der Waals surface area (Å²) in [6, 6.07) is 8.06. The molecule has 1 aliphatic heterocycles. The van der Waals surface area contributed by atoms with Gasteiger partial charge in [-0.25, -0.2) is 0 Å². The van der Waals surface area contributed by atoms with Gasteiger partial charge in [-0.05, 0) is 29.1 Å². The fraction of sp³-hybridized carbons (Fsp3) is 0.333. The number of hydrogen-bond acceptors (Lipinski definition) is 4. The van der Waals surface area contributed by atoms with Gasteiger partial charge in [-0.3, -0.25) is 0 Å². The summed E-state index contributed by atoms with van der Waals surface area (Å²) in [5, 5.41) is 2.03. The van der Waals surface area contributed by atoms with E-state index in [1.165, 1.54) is 0 Å². The number of ether oxygens (including phenoxy) is 3. The lowest BCUT2D eigenvalue weighted by atomic mass is 10.1. The van der Waals surface area contributed by atoms with E-state index >= 15 is 0 Å². The molecule has 106 valence electrons. The average Bonchev–Trinajstić information content (AvgIpc) is 2.83. The van der Waals surface area contributed by atoms with Gasteiger partial charge < -0.3 is 14.2 Å². The number of halogens is 1. The van der Waals surface area contributed by atoms with Crippen LogP contribution >= 0.6 is 27.3 Å². The van der Waals surface area contributed by atoms with Crippen molar-refractivity contribution in [2.75, 3.05) is 20.3 Å². The second kappa shape index (κ2) is 6.06. The summed E-state index contributed by atoms with van der Waals surface area (Å²) < 4.78 is 16.8. The van der Waals surface area contributed by atoms with E-state index < -0.39 is 0 Å². The molecule has 2 aromatic rings. The van der Waals surface area contributed by atoms with E-state index in [4.69, 9.17) is 14.2 Å². The summed E-state index contributed by atoms with van der Waals surface area (Å²) in [7, 11) is 1.69. The lowest BCUT2D eigenvalue weighted by Crippen LogP contribution is -1.97. The van der Waals surface area contributed by atoms with Crippen LogP contribution in [0.1, 0.15) is 21.7 Å². The van der Waals surface area contributed by atoms with Crippen LogP contribution in [-0.4, -0.2) is 20.3 Å². The highest BCUT2D eigenvalue weighted by Crippen LogP contribution is 2.42. The van der Waals surface area contributed by atoms with Crippen LogP contribution in [-0.2, 0) is 0 Å². The van der Waals surface area contributed by atoms with E-state index in [1.54, 1.807) is 18.4 Å². The SMILES string of the molecule is COc1ccsc1C(Br)c1ccc2c(c1)OCCCO2. The molecule has 3 nitrogen and oxygen atoms in total. The Morgan fingerprint density at radius 3 is 2.80 bits per heavy atom. The summed E-state index contributed by atoms with van der Waals surface area (Å²) in [5.74, 6) is 2.55. The van der Waals surface area contributed by atoms with Gasteiger partial charge in [0.2, 0.25) is 0 Å². The molecule has 1 aromatic heterocycles. The highest BCUT2D eigenvalue weighted by molar-refractivity contribution is 9.09. The first-order valence-corrected chi connectivity index (χ1v) is 8.24. The van der Waals surface area contributed by atoms with Crippen LogP contribution in [0.5, 0.6) is 17.2 Å². The number of rotatable bonds is 3. The normalized spacial score (nSPS) is 15.5. The molecule has 3 rings (SSSR count). The molecule has 5 heteroatoms. The Balaban J connectivity index is 1.92. The molecule has 0 fully saturated rings. The van der Waals surface area contributed by atoms with Crippen molar-refractivity contribution in [1.29, 1.82) is 0 Å². The highest BCUT2D eigenvalue weighted by Gasteiger charge is 2.19. The Labute approximate surface area is 130 Å². The van der Waals surface area contributed by atoms with E-state index in [0.29, 0.717) is 13.2 Å². The summed E-state index contributed by atoms with van der Waals surface area (Å²) in [6.07, 6.45) is 0.917. The molecule has 0 saturated heterocycles. The second-order valence-electron chi connectivity index (χ2n) is 4.47. The Morgan fingerprint density at radius 1 is 1.20 bits per heavy atom. The lowest BCUT2D eigenvalue weighted by molar-refractivity contribution is 0.297. The maximum atomic E-state index is 5.74. The molecule has 0 amide bonds. The highest BCUT2D eigenvalue weighted by atomic mass is 79.9. The number of methoxy groups -OCH3 is 1. The maximum absolute atomic E-state index is 5.74. The molecule has 0 aliphatic carbocycles. The molecule has 1 aliphatic rings. The van der Waals surface area contributed by atoms with Crippen molar-refractivity contribution in [2.24, 2.45) is 0 Å². The Morgan fingerprint density at radius 2 is 2.00 bits per heavy atom. The summed E-state index contributed by atoms with van der Waals surface area (Å²) in [6.45, 7) is 1.41. The molecule has 0 radical (unpaired) electrons. The number of fused-ring (bicyclic) bond motifs is 1. The fourth-order valence-corrected chi connectivity index (χ4v) is 3.85. The van der Waals surface area contributed by atoms with Gasteiger partial charge >= 0.3 is 0 Å². The number of alkyl halides is 1. The molecule has 1 unspecified atom stereocenters. The fourth-order valence-electron chi connectivity index (χ4n) is 2.15. The van der Waals surface area contributed by atoms with Crippen LogP contribution in [0.2, 0.25) is 0 Å². The first kappa shape index (κ1) is 13.8. The van der Waals surface area contributed by atoms with E-state index in [9.17, 15) is 0 Å². The van der Waals surface area contributed by atoms with Crippen molar-refractivity contribution in [1.82, 2.24) is 0 Å². The minimum atomic E-state index is 0.0922. The van der Waals surface area contributed by atoms with Crippen LogP contribution in [0.3, 0.4) is 0 Å². The van der Waals surface area contributed by atoms with E-state index in [-0.39, 0.29) is 4.83 Å². The van der Waals surface area contributed by atoms with Crippen molar-refractivity contribution < 1.29 is 14.2 Å². The average molecular weight is 355 g/mol.